The Hall–Kier alpha value is -4.06. The number of hydrogen-bond donors (Lipinski definition) is 0. The van der Waals surface area contributed by atoms with E-state index in [0.717, 1.165) is 22.3 Å². The number of rotatable bonds is 5. The van der Waals surface area contributed by atoms with Crippen LogP contribution >= 0.6 is 0 Å². The lowest BCUT2D eigenvalue weighted by Crippen LogP contribution is -2.32. The maximum Gasteiger partial charge on any atom is 0.359 e. The zero-order valence-electron chi connectivity index (χ0n) is 19.8. The predicted octanol–water partition coefficient (Wildman–Crippen LogP) is 5.30. The van der Waals surface area contributed by atoms with Gasteiger partial charge in [-0.05, 0) is 63.4 Å². The first-order valence-electron chi connectivity index (χ1n) is 11.0. The third-order valence-corrected chi connectivity index (χ3v) is 5.74. The van der Waals surface area contributed by atoms with E-state index in [4.69, 9.17) is 9.15 Å². The maximum atomic E-state index is 13.7. The number of aryl methyl sites for hydroxylation is 5. The molecule has 0 saturated heterocycles. The molecular formula is C28H25NO5. The summed E-state index contributed by atoms with van der Waals surface area (Å²) >= 11 is 0. The van der Waals surface area contributed by atoms with Crippen molar-refractivity contribution in [2.75, 3.05) is 0 Å². The SMILES string of the molecule is Cc1ccc(C(=O)C(C(=O)Oc2c(C)cc(C)cc2C)c2nc3ccccc3oc2=O)c(C)c1. The fraction of sp³-hybridized carbons (Fsp3) is 0.214. The number of nitrogens with zero attached hydrogens (tertiary/aromatic N) is 1. The number of fused-ring (bicyclic) bond motifs is 1. The molecule has 6 heteroatoms. The molecule has 0 radical (unpaired) electrons. The van der Waals surface area contributed by atoms with Crippen LogP contribution in [0, 0.1) is 34.6 Å². The van der Waals surface area contributed by atoms with E-state index in [2.05, 4.69) is 4.98 Å². The maximum absolute atomic E-state index is 13.7. The van der Waals surface area contributed by atoms with Gasteiger partial charge >= 0.3 is 11.6 Å². The summed E-state index contributed by atoms with van der Waals surface area (Å²) in [6, 6.07) is 15.8. The van der Waals surface area contributed by atoms with Crippen LogP contribution in [-0.2, 0) is 4.79 Å². The molecule has 0 fully saturated rings. The molecule has 0 bridgehead atoms. The number of benzene rings is 3. The van der Waals surface area contributed by atoms with Crippen molar-refractivity contribution >= 4 is 22.9 Å². The van der Waals surface area contributed by atoms with E-state index in [1.54, 1.807) is 43.3 Å². The van der Waals surface area contributed by atoms with E-state index < -0.39 is 23.3 Å². The molecule has 34 heavy (non-hydrogen) atoms. The van der Waals surface area contributed by atoms with Gasteiger partial charge in [0.05, 0.1) is 0 Å². The van der Waals surface area contributed by atoms with Crippen LogP contribution in [0.25, 0.3) is 11.1 Å². The number of esters is 1. The zero-order chi connectivity index (χ0) is 24.6. The molecule has 0 spiro atoms. The lowest BCUT2D eigenvalue weighted by Gasteiger charge is -2.18. The summed E-state index contributed by atoms with van der Waals surface area (Å²) < 4.78 is 11.1. The summed E-state index contributed by atoms with van der Waals surface area (Å²) in [5, 5.41) is 0. The molecule has 0 aliphatic rings. The van der Waals surface area contributed by atoms with E-state index in [9.17, 15) is 14.4 Å². The first-order valence-corrected chi connectivity index (χ1v) is 11.0. The third kappa shape index (κ3) is 4.39. The number of ether oxygens (including phenoxy) is 1. The Kier molecular flexibility index (Phi) is 6.16. The summed E-state index contributed by atoms with van der Waals surface area (Å²) in [6.45, 7) is 9.30. The molecule has 3 aromatic carbocycles. The fourth-order valence-electron chi connectivity index (χ4n) is 4.22. The van der Waals surface area contributed by atoms with Crippen LogP contribution in [0.5, 0.6) is 5.75 Å². The highest BCUT2D eigenvalue weighted by molar-refractivity contribution is 6.13. The van der Waals surface area contributed by atoms with Crippen LogP contribution in [0.15, 0.2) is 63.8 Å². The Morgan fingerprint density at radius 3 is 2.18 bits per heavy atom. The molecule has 172 valence electrons. The molecule has 1 unspecified atom stereocenters. The standard InChI is InChI=1S/C28H25NO5/c1-15-10-11-20(17(3)12-15)25(30)23(24-28(32)33-22-9-7-6-8-21(22)29-24)27(31)34-26-18(4)13-16(2)14-19(26)5/h6-14,23H,1-5H3. The molecule has 4 rings (SSSR count). The van der Waals surface area contributed by atoms with Crippen LogP contribution in [0.2, 0.25) is 0 Å². The minimum atomic E-state index is -1.58. The van der Waals surface area contributed by atoms with Crippen LogP contribution < -0.4 is 10.4 Å². The minimum Gasteiger partial charge on any atom is -0.425 e. The van der Waals surface area contributed by atoms with Crippen LogP contribution in [0.3, 0.4) is 0 Å². The van der Waals surface area contributed by atoms with E-state index in [1.807, 2.05) is 45.9 Å². The van der Waals surface area contributed by atoms with Crippen molar-refractivity contribution in [3.05, 3.63) is 104 Å². The van der Waals surface area contributed by atoms with Crippen molar-refractivity contribution < 1.29 is 18.7 Å². The normalized spacial score (nSPS) is 11.9. The lowest BCUT2D eigenvalue weighted by atomic mass is 9.91. The third-order valence-electron chi connectivity index (χ3n) is 5.74. The minimum absolute atomic E-state index is 0.271. The van der Waals surface area contributed by atoms with Gasteiger partial charge < -0.3 is 9.15 Å². The Morgan fingerprint density at radius 1 is 0.853 bits per heavy atom. The lowest BCUT2D eigenvalue weighted by molar-refractivity contribution is -0.135. The molecule has 1 atom stereocenters. The second-order valence-electron chi connectivity index (χ2n) is 8.62. The number of Topliss-reactive ketones (excluding diaryl/α,β-unsaturated/α-hetero) is 1. The Balaban J connectivity index is 1.86. The van der Waals surface area contributed by atoms with E-state index >= 15 is 0 Å². The number of aromatic nitrogens is 1. The quantitative estimate of drug-likeness (QED) is 0.176. The number of ketones is 1. The van der Waals surface area contributed by atoms with Crippen molar-refractivity contribution in [3.8, 4) is 5.75 Å². The van der Waals surface area contributed by atoms with Crippen molar-refractivity contribution in [2.45, 2.75) is 40.5 Å². The van der Waals surface area contributed by atoms with Crippen molar-refractivity contribution in [1.82, 2.24) is 4.98 Å². The average molecular weight is 456 g/mol. The van der Waals surface area contributed by atoms with Crippen LogP contribution in [0.4, 0.5) is 0 Å². The van der Waals surface area contributed by atoms with Gasteiger partial charge in [-0.1, -0.05) is 53.6 Å². The highest BCUT2D eigenvalue weighted by Crippen LogP contribution is 2.29. The van der Waals surface area contributed by atoms with E-state index in [1.165, 1.54) is 0 Å². The largest absolute Gasteiger partial charge is 0.425 e. The Labute approximate surface area is 197 Å². The second-order valence-corrected chi connectivity index (χ2v) is 8.62. The van der Waals surface area contributed by atoms with Crippen LogP contribution in [-0.4, -0.2) is 16.7 Å². The second kappa shape index (κ2) is 9.06. The summed E-state index contributed by atoms with van der Waals surface area (Å²) in [7, 11) is 0. The van der Waals surface area contributed by atoms with Gasteiger partial charge in [0.15, 0.2) is 17.3 Å². The first kappa shape index (κ1) is 23.1. The molecule has 0 aliphatic carbocycles. The summed E-state index contributed by atoms with van der Waals surface area (Å²) in [4.78, 5) is 44.5. The van der Waals surface area contributed by atoms with Gasteiger partial charge in [-0.15, -0.1) is 0 Å². The number of carbonyl (C=O) groups is 2. The van der Waals surface area contributed by atoms with Gasteiger partial charge in [-0.25, -0.2) is 9.78 Å². The Bertz CT molecular complexity index is 1480. The van der Waals surface area contributed by atoms with Crippen LogP contribution in [0.1, 0.15) is 49.8 Å². The molecule has 0 saturated carbocycles. The predicted molar refractivity (Wildman–Crippen MR) is 130 cm³/mol. The van der Waals surface area contributed by atoms with E-state index in [-0.39, 0.29) is 11.3 Å². The van der Waals surface area contributed by atoms with E-state index in [0.29, 0.717) is 22.4 Å². The smallest absolute Gasteiger partial charge is 0.359 e. The molecule has 1 heterocycles. The monoisotopic (exact) mass is 455 g/mol. The summed E-state index contributed by atoms with van der Waals surface area (Å²) in [5.74, 6) is -2.67. The van der Waals surface area contributed by atoms with Gasteiger partial charge in [-0.3, -0.25) is 9.59 Å². The zero-order valence-corrected chi connectivity index (χ0v) is 19.8. The summed E-state index contributed by atoms with van der Waals surface area (Å²) in [5.41, 5.74) is 4.00. The van der Waals surface area contributed by atoms with Gasteiger partial charge in [0.2, 0.25) is 0 Å². The van der Waals surface area contributed by atoms with Gasteiger partial charge in [0, 0.05) is 5.56 Å². The number of hydrogen-bond acceptors (Lipinski definition) is 6. The highest BCUT2D eigenvalue weighted by Gasteiger charge is 2.37. The molecular weight excluding hydrogens is 430 g/mol. The molecule has 0 aliphatic heterocycles. The average Bonchev–Trinajstić information content (AvgIpc) is 2.76. The number of para-hydroxylation sites is 2. The Morgan fingerprint density at radius 2 is 1.50 bits per heavy atom. The van der Waals surface area contributed by atoms with Gasteiger partial charge in [0.25, 0.3) is 0 Å². The topological polar surface area (TPSA) is 86.5 Å². The highest BCUT2D eigenvalue weighted by atomic mass is 16.5. The molecule has 0 amide bonds. The molecule has 1 aromatic heterocycles. The van der Waals surface area contributed by atoms with Crippen molar-refractivity contribution in [1.29, 1.82) is 0 Å². The first-order chi connectivity index (χ1) is 16.2. The van der Waals surface area contributed by atoms with Crippen molar-refractivity contribution in [3.63, 3.8) is 0 Å². The molecule has 4 aromatic rings. The number of carbonyl (C=O) groups excluding carboxylic acids is 2. The molecule has 0 N–H and O–H groups in total. The van der Waals surface area contributed by atoms with Gasteiger partial charge in [0.1, 0.15) is 17.0 Å². The fourth-order valence-corrected chi connectivity index (χ4v) is 4.22. The summed E-state index contributed by atoms with van der Waals surface area (Å²) in [6.07, 6.45) is 0. The van der Waals surface area contributed by atoms with Gasteiger partial charge in [-0.2, -0.15) is 0 Å². The molecule has 6 nitrogen and oxygen atoms in total. The van der Waals surface area contributed by atoms with Crippen molar-refractivity contribution in [2.24, 2.45) is 0 Å².